The van der Waals surface area contributed by atoms with Crippen molar-refractivity contribution in [2.45, 2.75) is 135 Å². The van der Waals surface area contributed by atoms with E-state index in [4.69, 9.17) is 0 Å². The number of rotatable bonds is 22. The van der Waals surface area contributed by atoms with Gasteiger partial charge in [-0.2, -0.15) is 0 Å². The van der Waals surface area contributed by atoms with E-state index in [1.807, 2.05) is 0 Å². The lowest BCUT2D eigenvalue weighted by Crippen LogP contribution is -2.13. The highest BCUT2D eigenvalue weighted by atomic mass is 79.9. The number of hydrogen-bond acceptors (Lipinski definition) is 1. The third-order valence-corrected chi connectivity index (χ3v) is 6.25. The fourth-order valence-corrected chi connectivity index (χ4v) is 4.21. The molecule has 2 nitrogen and oxygen atoms in total. The third-order valence-electron chi connectivity index (χ3n) is 5.69. The van der Waals surface area contributed by atoms with Crippen LogP contribution in [0.5, 0.6) is 0 Å². The molecule has 0 spiro atoms. The number of carboxylic acid groups (broad SMARTS) is 1. The fraction of sp³-hybridized carbons (Fsp3) is 0.958. The van der Waals surface area contributed by atoms with Gasteiger partial charge in [-0.1, -0.05) is 132 Å². The lowest BCUT2D eigenvalue weighted by atomic mass is 9.95. The average molecular weight is 448 g/mol. The first-order valence-corrected chi connectivity index (χ1v) is 13.1. The SMILES string of the molecule is CCCCCCCCCCCCCCCCCCC(CCCCBr)C(=O)O. The monoisotopic (exact) mass is 446 g/mol. The second-order valence-corrected chi connectivity index (χ2v) is 9.10. The number of unbranched alkanes of at least 4 members (excludes halogenated alkanes) is 16. The standard InChI is InChI=1S/C24H47BrO2/c1-2-3-4-5-6-7-8-9-10-11-12-13-14-15-16-17-20-23(24(26)27)21-18-19-22-25/h23H,2-22H2,1H3,(H,26,27). The molecule has 0 aromatic heterocycles. The molecule has 0 aliphatic carbocycles. The van der Waals surface area contributed by atoms with Gasteiger partial charge in [0.05, 0.1) is 5.92 Å². The number of alkyl halides is 1. The summed E-state index contributed by atoms with van der Waals surface area (Å²) in [4.78, 5) is 11.3. The molecule has 0 fully saturated rings. The lowest BCUT2D eigenvalue weighted by molar-refractivity contribution is -0.142. The fourth-order valence-electron chi connectivity index (χ4n) is 3.82. The largest absolute Gasteiger partial charge is 0.481 e. The molecule has 0 aliphatic heterocycles. The van der Waals surface area contributed by atoms with Crippen LogP contribution in [0.25, 0.3) is 0 Å². The molecule has 0 aromatic carbocycles. The van der Waals surface area contributed by atoms with Gasteiger partial charge in [0.1, 0.15) is 0 Å². The highest BCUT2D eigenvalue weighted by Crippen LogP contribution is 2.19. The maximum absolute atomic E-state index is 11.3. The summed E-state index contributed by atoms with van der Waals surface area (Å²) in [5.41, 5.74) is 0. The van der Waals surface area contributed by atoms with Crippen LogP contribution in [0.4, 0.5) is 0 Å². The van der Waals surface area contributed by atoms with E-state index < -0.39 is 5.97 Å². The first-order chi connectivity index (χ1) is 13.2. The number of aliphatic carboxylic acids is 1. The quantitative estimate of drug-likeness (QED) is 0.133. The molecule has 27 heavy (non-hydrogen) atoms. The second-order valence-electron chi connectivity index (χ2n) is 8.31. The van der Waals surface area contributed by atoms with Crippen molar-refractivity contribution in [2.75, 3.05) is 5.33 Å². The molecule has 1 atom stereocenters. The van der Waals surface area contributed by atoms with Crippen LogP contribution in [0.3, 0.4) is 0 Å². The van der Waals surface area contributed by atoms with Crippen LogP contribution < -0.4 is 0 Å². The van der Waals surface area contributed by atoms with Gasteiger partial charge < -0.3 is 5.11 Å². The highest BCUT2D eigenvalue weighted by Gasteiger charge is 2.15. The van der Waals surface area contributed by atoms with E-state index in [1.54, 1.807) is 0 Å². The number of hydrogen-bond donors (Lipinski definition) is 1. The van der Waals surface area contributed by atoms with Crippen molar-refractivity contribution in [1.82, 2.24) is 0 Å². The van der Waals surface area contributed by atoms with Crippen LogP contribution in [0.2, 0.25) is 0 Å². The van der Waals surface area contributed by atoms with Gasteiger partial charge in [0.25, 0.3) is 0 Å². The lowest BCUT2D eigenvalue weighted by Gasteiger charge is -2.11. The Morgan fingerprint density at radius 3 is 1.30 bits per heavy atom. The zero-order chi connectivity index (χ0) is 20.0. The minimum atomic E-state index is -0.592. The zero-order valence-corrected chi connectivity index (χ0v) is 19.7. The first-order valence-electron chi connectivity index (χ1n) is 12.0. The third kappa shape index (κ3) is 20.5. The minimum absolute atomic E-state index is 0.115. The van der Waals surface area contributed by atoms with Crippen LogP contribution in [-0.2, 0) is 4.79 Å². The van der Waals surface area contributed by atoms with Gasteiger partial charge in [-0.25, -0.2) is 0 Å². The second kappa shape index (κ2) is 22.2. The molecule has 0 aromatic rings. The predicted molar refractivity (Wildman–Crippen MR) is 123 cm³/mol. The van der Waals surface area contributed by atoms with E-state index in [9.17, 15) is 9.90 Å². The van der Waals surface area contributed by atoms with Gasteiger partial charge >= 0.3 is 5.97 Å². The van der Waals surface area contributed by atoms with E-state index in [0.717, 1.165) is 37.4 Å². The molecule has 0 saturated carbocycles. The molecule has 0 amide bonds. The Hall–Kier alpha value is -0.0500. The summed E-state index contributed by atoms with van der Waals surface area (Å²) in [6, 6.07) is 0. The Balaban J connectivity index is 3.26. The van der Waals surface area contributed by atoms with Gasteiger partial charge in [0.15, 0.2) is 0 Å². The van der Waals surface area contributed by atoms with Crippen molar-refractivity contribution in [3.05, 3.63) is 0 Å². The van der Waals surface area contributed by atoms with E-state index >= 15 is 0 Å². The van der Waals surface area contributed by atoms with Crippen LogP contribution in [0.1, 0.15) is 135 Å². The molecule has 0 radical (unpaired) electrons. The summed E-state index contributed by atoms with van der Waals surface area (Å²) in [5.74, 6) is -0.707. The Morgan fingerprint density at radius 1 is 0.630 bits per heavy atom. The van der Waals surface area contributed by atoms with Crippen molar-refractivity contribution < 1.29 is 9.90 Å². The molecular weight excluding hydrogens is 400 g/mol. The van der Waals surface area contributed by atoms with Crippen LogP contribution in [0, 0.1) is 5.92 Å². The smallest absolute Gasteiger partial charge is 0.306 e. The molecule has 0 bridgehead atoms. The summed E-state index contributed by atoms with van der Waals surface area (Å²) in [6.45, 7) is 2.28. The molecule has 1 unspecified atom stereocenters. The van der Waals surface area contributed by atoms with Crippen LogP contribution in [0.15, 0.2) is 0 Å². The van der Waals surface area contributed by atoms with Gasteiger partial charge in [0.2, 0.25) is 0 Å². The molecule has 162 valence electrons. The normalized spacial score (nSPS) is 12.4. The van der Waals surface area contributed by atoms with Crippen molar-refractivity contribution in [3.63, 3.8) is 0 Å². The van der Waals surface area contributed by atoms with Crippen LogP contribution in [-0.4, -0.2) is 16.4 Å². The minimum Gasteiger partial charge on any atom is -0.481 e. The molecule has 0 heterocycles. The van der Waals surface area contributed by atoms with Crippen LogP contribution >= 0.6 is 15.9 Å². The topological polar surface area (TPSA) is 37.3 Å². The Kier molecular flexibility index (Phi) is 22.2. The molecule has 3 heteroatoms. The van der Waals surface area contributed by atoms with Gasteiger partial charge in [-0.05, 0) is 19.3 Å². The molecular formula is C24H47BrO2. The number of halogens is 1. The van der Waals surface area contributed by atoms with Crippen molar-refractivity contribution >= 4 is 21.9 Å². The number of carboxylic acids is 1. The maximum Gasteiger partial charge on any atom is 0.306 e. The maximum atomic E-state index is 11.3. The van der Waals surface area contributed by atoms with E-state index in [2.05, 4.69) is 22.9 Å². The van der Waals surface area contributed by atoms with Gasteiger partial charge in [0, 0.05) is 5.33 Å². The van der Waals surface area contributed by atoms with Gasteiger partial charge in [-0.3, -0.25) is 4.79 Å². The predicted octanol–water partition coefficient (Wildman–Crippen LogP) is 8.90. The average Bonchev–Trinajstić information content (AvgIpc) is 2.66. The Morgan fingerprint density at radius 2 is 0.963 bits per heavy atom. The van der Waals surface area contributed by atoms with E-state index in [1.165, 1.54) is 96.3 Å². The van der Waals surface area contributed by atoms with Crippen molar-refractivity contribution in [3.8, 4) is 0 Å². The van der Waals surface area contributed by atoms with Crippen molar-refractivity contribution in [2.24, 2.45) is 5.92 Å². The molecule has 0 saturated heterocycles. The molecule has 1 N–H and O–H groups in total. The van der Waals surface area contributed by atoms with Gasteiger partial charge in [-0.15, -0.1) is 0 Å². The highest BCUT2D eigenvalue weighted by molar-refractivity contribution is 9.09. The van der Waals surface area contributed by atoms with E-state index in [0.29, 0.717) is 0 Å². The summed E-state index contributed by atoms with van der Waals surface area (Å²) in [5, 5.41) is 10.3. The summed E-state index contributed by atoms with van der Waals surface area (Å²) < 4.78 is 0. The van der Waals surface area contributed by atoms with E-state index in [-0.39, 0.29) is 5.92 Å². The Bertz CT molecular complexity index is 307. The number of carbonyl (C=O) groups is 1. The first kappa shape index (κ1) is 27.0. The molecule has 0 rings (SSSR count). The zero-order valence-electron chi connectivity index (χ0n) is 18.2. The summed E-state index contributed by atoms with van der Waals surface area (Å²) in [6.07, 6.45) is 25.7. The summed E-state index contributed by atoms with van der Waals surface area (Å²) >= 11 is 3.41. The van der Waals surface area contributed by atoms with Crippen molar-refractivity contribution in [1.29, 1.82) is 0 Å². The Labute approximate surface area is 178 Å². The summed E-state index contributed by atoms with van der Waals surface area (Å²) in [7, 11) is 0. The molecule has 0 aliphatic rings.